The molecular formula is C34H24BrClN2O3. The fourth-order valence-corrected chi connectivity index (χ4v) is 4.92. The van der Waals surface area contributed by atoms with Gasteiger partial charge in [-0.15, -0.1) is 0 Å². The Hall–Kier alpha value is -4.57. The van der Waals surface area contributed by atoms with Gasteiger partial charge in [0.25, 0.3) is 5.91 Å². The Bertz CT molecular complexity index is 1770. The molecule has 5 aromatic carbocycles. The van der Waals surface area contributed by atoms with Crippen molar-refractivity contribution < 1.29 is 14.3 Å². The highest BCUT2D eigenvalue weighted by molar-refractivity contribution is 9.10. The first kappa shape index (κ1) is 28.0. The van der Waals surface area contributed by atoms with Crippen LogP contribution in [-0.4, -0.2) is 5.91 Å². The summed E-state index contributed by atoms with van der Waals surface area (Å²) >= 11 is 9.73. The Morgan fingerprint density at radius 1 is 0.854 bits per heavy atom. The van der Waals surface area contributed by atoms with Crippen molar-refractivity contribution in [1.82, 2.24) is 0 Å². The van der Waals surface area contributed by atoms with Crippen LogP contribution in [0.15, 0.2) is 119 Å². The Kier molecular flexibility index (Phi) is 9.00. The molecule has 41 heavy (non-hydrogen) atoms. The van der Waals surface area contributed by atoms with Crippen molar-refractivity contribution in [3.63, 3.8) is 0 Å². The number of rotatable bonds is 9. The van der Waals surface area contributed by atoms with Crippen LogP contribution in [0.2, 0.25) is 5.02 Å². The van der Waals surface area contributed by atoms with E-state index < -0.39 is 5.91 Å². The average Bonchev–Trinajstić information content (AvgIpc) is 2.99. The standard InChI is InChI=1S/C34H24BrClN2O3/c35-31-19-23(12-17-33(31)41-21-25-9-5-8-24-6-1-3-10-30(24)25)18-27(20-37)34(39)38-28-13-15-29(16-14-28)40-22-26-7-2-4-11-32(26)36/h1-19H,21-22H2,(H,38,39)/b27-18+. The number of benzene rings is 5. The average molecular weight is 624 g/mol. The summed E-state index contributed by atoms with van der Waals surface area (Å²) in [6, 6.07) is 36.1. The molecule has 5 aromatic rings. The lowest BCUT2D eigenvalue weighted by atomic mass is 10.1. The minimum atomic E-state index is -0.510. The van der Waals surface area contributed by atoms with Crippen molar-refractivity contribution in [3.8, 4) is 17.6 Å². The maximum absolute atomic E-state index is 12.8. The van der Waals surface area contributed by atoms with Gasteiger partial charge in [0.2, 0.25) is 0 Å². The summed E-state index contributed by atoms with van der Waals surface area (Å²) in [7, 11) is 0. The Balaban J connectivity index is 1.20. The largest absolute Gasteiger partial charge is 0.489 e. The molecule has 0 aliphatic rings. The highest BCUT2D eigenvalue weighted by atomic mass is 79.9. The van der Waals surface area contributed by atoms with Gasteiger partial charge in [-0.1, -0.05) is 78.3 Å². The number of halogens is 2. The third kappa shape index (κ3) is 7.15. The fraction of sp³-hybridized carbons (Fsp3) is 0.0588. The topological polar surface area (TPSA) is 71.3 Å². The van der Waals surface area contributed by atoms with E-state index in [4.69, 9.17) is 21.1 Å². The van der Waals surface area contributed by atoms with E-state index in [2.05, 4.69) is 39.4 Å². The zero-order valence-corrected chi connectivity index (χ0v) is 24.2. The molecule has 7 heteroatoms. The van der Waals surface area contributed by atoms with Gasteiger partial charge >= 0.3 is 0 Å². The smallest absolute Gasteiger partial charge is 0.266 e. The fourth-order valence-electron chi connectivity index (χ4n) is 4.22. The lowest BCUT2D eigenvalue weighted by Gasteiger charge is -2.11. The summed E-state index contributed by atoms with van der Waals surface area (Å²) in [5.41, 5.74) is 3.17. The van der Waals surface area contributed by atoms with Crippen LogP contribution in [0.5, 0.6) is 11.5 Å². The number of fused-ring (bicyclic) bond motifs is 1. The SMILES string of the molecule is N#C/C(=C\c1ccc(OCc2cccc3ccccc23)c(Br)c1)C(=O)Nc1ccc(OCc2ccccc2Cl)cc1. The third-order valence-corrected chi connectivity index (χ3v) is 7.35. The normalized spacial score (nSPS) is 11.1. The highest BCUT2D eigenvalue weighted by Crippen LogP contribution is 2.29. The molecule has 0 atom stereocenters. The molecule has 0 radical (unpaired) electrons. The maximum atomic E-state index is 12.8. The van der Waals surface area contributed by atoms with Crippen LogP contribution in [0.3, 0.4) is 0 Å². The van der Waals surface area contributed by atoms with E-state index in [9.17, 15) is 10.1 Å². The second kappa shape index (κ2) is 13.2. The van der Waals surface area contributed by atoms with Crippen LogP contribution in [0, 0.1) is 11.3 Å². The Morgan fingerprint density at radius 2 is 1.56 bits per heavy atom. The summed E-state index contributed by atoms with van der Waals surface area (Å²) in [6.07, 6.45) is 1.54. The lowest BCUT2D eigenvalue weighted by Crippen LogP contribution is -2.13. The minimum Gasteiger partial charge on any atom is -0.489 e. The Labute approximate surface area is 251 Å². The van der Waals surface area contributed by atoms with Gasteiger partial charge in [-0.05, 0) is 86.4 Å². The number of ether oxygens (including phenoxy) is 2. The van der Waals surface area contributed by atoms with Crippen molar-refractivity contribution in [3.05, 3.63) is 141 Å². The van der Waals surface area contributed by atoms with E-state index in [-0.39, 0.29) is 5.57 Å². The summed E-state index contributed by atoms with van der Waals surface area (Å²) < 4.78 is 12.6. The van der Waals surface area contributed by atoms with Gasteiger partial charge in [-0.2, -0.15) is 5.26 Å². The van der Waals surface area contributed by atoms with Crippen LogP contribution in [0.4, 0.5) is 5.69 Å². The first-order valence-electron chi connectivity index (χ1n) is 12.8. The Morgan fingerprint density at radius 3 is 2.34 bits per heavy atom. The molecule has 1 amide bonds. The molecule has 202 valence electrons. The number of carbonyl (C=O) groups excluding carboxylic acids is 1. The molecule has 0 aliphatic heterocycles. The molecule has 0 saturated heterocycles. The summed E-state index contributed by atoms with van der Waals surface area (Å²) in [5, 5.41) is 15.4. The molecule has 0 aromatic heterocycles. The number of carbonyl (C=O) groups is 1. The van der Waals surface area contributed by atoms with E-state index in [0.29, 0.717) is 41.0 Å². The molecular weight excluding hydrogens is 600 g/mol. The predicted molar refractivity (Wildman–Crippen MR) is 167 cm³/mol. The molecule has 0 aliphatic carbocycles. The summed E-state index contributed by atoms with van der Waals surface area (Å²) in [6.45, 7) is 0.736. The quantitative estimate of drug-likeness (QED) is 0.131. The first-order chi connectivity index (χ1) is 20.0. The van der Waals surface area contributed by atoms with E-state index in [1.165, 1.54) is 6.08 Å². The molecule has 0 spiro atoms. The predicted octanol–water partition coefficient (Wildman–Crippen LogP) is 8.96. The number of hydrogen-bond donors (Lipinski definition) is 1. The van der Waals surface area contributed by atoms with E-state index in [1.807, 2.05) is 66.7 Å². The number of amides is 1. The number of nitriles is 1. The van der Waals surface area contributed by atoms with Gasteiger partial charge in [0.15, 0.2) is 0 Å². The van der Waals surface area contributed by atoms with E-state index in [1.54, 1.807) is 30.3 Å². The zero-order valence-electron chi connectivity index (χ0n) is 21.8. The second-order valence-corrected chi connectivity index (χ2v) is 10.4. The number of hydrogen-bond acceptors (Lipinski definition) is 4. The minimum absolute atomic E-state index is 0.0274. The van der Waals surface area contributed by atoms with Crippen LogP contribution in [0.25, 0.3) is 16.8 Å². The van der Waals surface area contributed by atoms with Crippen LogP contribution in [0.1, 0.15) is 16.7 Å². The van der Waals surface area contributed by atoms with E-state index >= 15 is 0 Å². The van der Waals surface area contributed by atoms with Crippen molar-refractivity contribution in [1.29, 1.82) is 5.26 Å². The highest BCUT2D eigenvalue weighted by Gasteiger charge is 2.11. The summed E-state index contributed by atoms with van der Waals surface area (Å²) in [4.78, 5) is 12.8. The molecule has 1 N–H and O–H groups in total. The zero-order chi connectivity index (χ0) is 28.6. The molecule has 0 fully saturated rings. The molecule has 5 nitrogen and oxygen atoms in total. The number of nitrogens with zero attached hydrogens (tertiary/aromatic N) is 1. The second-order valence-electron chi connectivity index (χ2n) is 9.15. The van der Waals surface area contributed by atoms with E-state index in [0.717, 1.165) is 26.4 Å². The van der Waals surface area contributed by atoms with Gasteiger partial charge in [0, 0.05) is 16.3 Å². The van der Waals surface area contributed by atoms with Crippen molar-refractivity contribution >= 4 is 56.0 Å². The van der Waals surface area contributed by atoms with Crippen LogP contribution < -0.4 is 14.8 Å². The molecule has 0 unspecified atom stereocenters. The number of nitrogens with one attached hydrogen (secondary N) is 1. The van der Waals surface area contributed by atoms with Crippen LogP contribution >= 0.6 is 27.5 Å². The first-order valence-corrected chi connectivity index (χ1v) is 14.0. The third-order valence-electron chi connectivity index (χ3n) is 6.36. The molecule has 0 heterocycles. The van der Waals surface area contributed by atoms with Crippen molar-refractivity contribution in [2.75, 3.05) is 5.32 Å². The van der Waals surface area contributed by atoms with Gasteiger partial charge in [0.05, 0.1) is 4.47 Å². The van der Waals surface area contributed by atoms with Crippen molar-refractivity contribution in [2.24, 2.45) is 0 Å². The van der Waals surface area contributed by atoms with Gasteiger partial charge in [0.1, 0.15) is 36.4 Å². The molecule has 0 bridgehead atoms. The molecule has 0 saturated carbocycles. The molecule has 5 rings (SSSR count). The monoisotopic (exact) mass is 622 g/mol. The van der Waals surface area contributed by atoms with Gasteiger partial charge in [-0.25, -0.2) is 0 Å². The van der Waals surface area contributed by atoms with Crippen LogP contribution in [-0.2, 0) is 18.0 Å². The lowest BCUT2D eigenvalue weighted by molar-refractivity contribution is -0.112. The van der Waals surface area contributed by atoms with Gasteiger partial charge in [-0.3, -0.25) is 4.79 Å². The van der Waals surface area contributed by atoms with Crippen molar-refractivity contribution in [2.45, 2.75) is 13.2 Å². The van der Waals surface area contributed by atoms with Gasteiger partial charge < -0.3 is 14.8 Å². The number of anilines is 1. The summed E-state index contributed by atoms with van der Waals surface area (Å²) in [5.74, 6) is 0.783. The maximum Gasteiger partial charge on any atom is 0.266 e.